The molecule has 1 nitrogen and oxygen atoms in total. The number of rotatable bonds is 2. The van der Waals surface area contributed by atoms with Crippen molar-refractivity contribution in [2.75, 3.05) is 0 Å². The molecule has 0 saturated carbocycles. The molecular weight excluding hydrogens is 376 g/mol. The molecule has 0 atom stereocenters. The van der Waals surface area contributed by atoms with E-state index in [0.29, 0.717) is 0 Å². The van der Waals surface area contributed by atoms with Crippen LogP contribution < -0.4 is 0 Å². The lowest BCUT2D eigenvalue weighted by molar-refractivity contribution is 0.616. The normalized spacial score (nSPS) is 11.9. The molecule has 1 heterocycles. The minimum absolute atomic E-state index is 0.926. The lowest BCUT2D eigenvalue weighted by atomic mass is 9.87. The summed E-state index contributed by atoms with van der Waals surface area (Å²) in [5, 5.41) is 8.99. The van der Waals surface area contributed by atoms with Gasteiger partial charge in [0.1, 0.15) is 5.58 Å². The molecule has 0 aliphatic heterocycles. The summed E-state index contributed by atoms with van der Waals surface area (Å²) in [6.45, 7) is 0. The second kappa shape index (κ2) is 6.20. The van der Waals surface area contributed by atoms with Crippen molar-refractivity contribution in [1.82, 2.24) is 0 Å². The summed E-state index contributed by atoms with van der Waals surface area (Å²) in [7, 11) is 0. The second-order valence-electron chi connectivity index (χ2n) is 8.15. The molecule has 0 saturated heterocycles. The molecule has 0 spiro atoms. The largest absolute Gasteiger partial charge is 0.464 e. The average molecular weight is 394 g/mol. The van der Waals surface area contributed by atoms with Crippen molar-refractivity contribution in [1.29, 1.82) is 0 Å². The van der Waals surface area contributed by atoms with Crippen molar-refractivity contribution in [3.05, 3.63) is 109 Å². The standard InChI is InChI=1S/C30H18O/c1-2-5-19(6-3-1)22-13-9-20-12-16-27-24(23-7-4-8-28-25(23)17-18-31-28)14-10-21-11-15-26(22)29(20)30(21)27/h1-18H. The molecule has 7 rings (SSSR count). The van der Waals surface area contributed by atoms with Crippen LogP contribution in [0.2, 0.25) is 0 Å². The Morgan fingerprint density at radius 2 is 1.06 bits per heavy atom. The first-order valence-electron chi connectivity index (χ1n) is 10.6. The maximum atomic E-state index is 5.67. The highest BCUT2D eigenvalue weighted by atomic mass is 16.3. The minimum Gasteiger partial charge on any atom is -0.464 e. The summed E-state index contributed by atoms with van der Waals surface area (Å²) in [5.41, 5.74) is 5.93. The number of furan rings is 1. The Morgan fingerprint density at radius 1 is 0.419 bits per heavy atom. The maximum absolute atomic E-state index is 5.67. The highest BCUT2D eigenvalue weighted by Gasteiger charge is 2.15. The van der Waals surface area contributed by atoms with Gasteiger partial charge < -0.3 is 4.42 Å². The zero-order valence-corrected chi connectivity index (χ0v) is 16.8. The Labute approximate surface area is 179 Å². The van der Waals surface area contributed by atoms with Gasteiger partial charge in [0.15, 0.2) is 0 Å². The number of fused-ring (bicyclic) bond motifs is 1. The molecule has 0 radical (unpaired) electrons. The summed E-state index contributed by atoms with van der Waals surface area (Å²) in [6, 6.07) is 37.1. The molecule has 7 aromatic rings. The smallest absolute Gasteiger partial charge is 0.134 e. The van der Waals surface area contributed by atoms with Crippen LogP contribution in [0.5, 0.6) is 0 Å². The third-order valence-corrected chi connectivity index (χ3v) is 6.54. The first-order chi connectivity index (χ1) is 15.4. The molecule has 0 amide bonds. The van der Waals surface area contributed by atoms with Gasteiger partial charge in [-0.1, -0.05) is 91.0 Å². The van der Waals surface area contributed by atoms with Crippen LogP contribution in [0.15, 0.2) is 114 Å². The van der Waals surface area contributed by atoms with Gasteiger partial charge in [0.05, 0.1) is 6.26 Å². The van der Waals surface area contributed by atoms with Crippen LogP contribution in [0, 0.1) is 0 Å². The van der Waals surface area contributed by atoms with Gasteiger partial charge in [-0.05, 0) is 66.7 Å². The quantitative estimate of drug-likeness (QED) is 0.267. The Hall–Kier alpha value is -4.10. The lowest BCUT2D eigenvalue weighted by Crippen LogP contribution is -1.89. The van der Waals surface area contributed by atoms with Crippen LogP contribution in [0.25, 0.3) is 65.5 Å². The first kappa shape index (κ1) is 16.7. The third-order valence-electron chi connectivity index (χ3n) is 6.54. The Morgan fingerprint density at radius 3 is 1.84 bits per heavy atom. The Bertz CT molecular complexity index is 1720. The molecule has 6 aromatic carbocycles. The highest BCUT2D eigenvalue weighted by molar-refractivity contribution is 6.28. The van der Waals surface area contributed by atoms with Crippen LogP contribution >= 0.6 is 0 Å². The summed E-state index contributed by atoms with van der Waals surface area (Å²) in [5.74, 6) is 0. The predicted molar refractivity (Wildman–Crippen MR) is 131 cm³/mol. The monoisotopic (exact) mass is 394 g/mol. The van der Waals surface area contributed by atoms with Crippen LogP contribution in [0.4, 0.5) is 0 Å². The Kier molecular flexibility index (Phi) is 3.33. The molecular formula is C30H18O. The number of hydrogen-bond acceptors (Lipinski definition) is 1. The van der Waals surface area contributed by atoms with E-state index in [0.717, 1.165) is 11.0 Å². The molecule has 1 heteroatoms. The summed E-state index contributed by atoms with van der Waals surface area (Å²) in [4.78, 5) is 0. The van der Waals surface area contributed by atoms with Gasteiger partial charge >= 0.3 is 0 Å². The summed E-state index contributed by atoms with van der Waals surface area (Å²) in [6.07, 6.45) is 1.77. The van der Waals surface area contributed by atoms with E-state index in [9.17, 15) is 0 Å². The minimum atomic E-state index is 0.926. The highest BCUT2D eigenvalue weighted by Crippen LogP contribution is 2.43. The van der Waals surface area contributed by atoms with E-state index in [-0.39, 0.29) is 0 Å². The van der Waals surface area contributed by atoms with Gasteiger partial charge in [-0.2, -0.15) is 0 Å². The Balaban J connectivity index is 1.62. The number of hydrogen-bond donors (Lipinski definition) is 0. The van der Waals surface area contributed by atoms with Crippen molar-refractivity contribution in [3.8, 4) is 22.3 Å². The van der Waals surface area contributed by atoms with Crippen LogP contribution in [0.1, 0.15) is 0 Å². The summed E-state index contributed by atoms with van der Waals surface area (Å²) < 4.78 is 5.67. The predicted octanol–water partition coefficient (Wildman–Crippen LogP) is 8.66. The fraction of sp³-hybridized carbons (Fsp3) is 0. The van der Waals surface area contributed by atoms with Gasteiger partial charge in [0, 0.05) is 5.39 Å². The van der Waals surface area contributed by atoms with Gasteiger partial charge in [0.25, 0.3) is 0 Å². The van der Waals surface area contributed by atoms with E-state index >= 15 is 0 Å². The van der Waals surface area contributed by atoms with Gasteiger partial charge in [-0.25, -0.2) is 0 Å². The zero-order valence-electron chi connectivity index (χ0n) is 16.8. The van der Waals surface area contributed by atoms with Crippen molar-refractivity contribution >= 4 is 43.3 Å². The van der Waals surface area contributed by atoms with E-state index in [1.165, 1.54) is 54.6 Å². The fourth-order valence-corrected chi connectivity index (χ4v) is 5.13. The molecule has 1 aromatic heterocycles. The molecule has 0 aliphatic rings. The molecule has 31 heavy (non-hydrogen) atoms. The van der Waals surface area contributed by atoms with E-state index in [2.05, 4.69) is 97.1 Å². The molecule has 0 N–H and O–H groups in total. The van der Waals surface area contributed by atoms with Gasteiger partial charge in [-0.15, -0.1) is 0 Å². The van der Waals surface area contributed by atoms with E-state index in [1.807, 2.05) is 6.07 Å². The topological polar surface area (TPSA) is 13.1 Å². The molecule has 0 fully saturated rings. The van der Waals surface area contributed by atoms with Crippen molar-refractivity contribution in [2.24, 2.45) is 0 Å². The van der Waals surface area contributed by atoms with Gasteiger partial charge in [-0.3, -0.25) is 0 Å². The zero-order chi connectivity index (χ0) is 20.4. The fourth-order valence-electron chi connectivity index (χ4n) is 5.13. The summed E-state index contributed by atoms with van der Waals surface area (Å²) >= 11 is 0. The van der Waals surface area contributed by atoms with E-state index in [4.69, 9.17) is 4.42 Å². The van der Waals surface area contributed by atoms with Crippen LogP contribution in [-0.2, 0) is 0 Å². The van der Waals surface area contributed by atoms with Crippen molar-refractivity contribution < 1.29 is 4.42 Å². The average Bonchev–Trinajstić information content (AvgIpc) is 3.32. The van der Waals surface area contributed by atoms with Crippen LogP contribution in [0.3, 0.4) is 0 Å². The number of benzene rings is 6. The van der Waals surface area contributed by atoms with Gasteiger partial charge in [0.2, 0.25) is 0 Å². The molecule has 0 aliphatic carbocycles. The second-order valence-corrected chi connectivity index (χ2v) is 8.15. The SMILES string of the molecule is c1ccc(-c2ccc3ccc4c(-c5cccc6occc56)ccc5ccc2c3c54)cc1. The maximum Gasteiger partial charge on any atom is 0.134 e. The van der Waals surface area contributed by atoms with E-state index in [1.54, 1.807) is 6.26 Å². The first-order valence-corrected chi connectivity index (χ1v) is 10.6. The third kappa shape index (κ3) is 2.32. The van der Waals surface area contributed by atoms with E-state index < -0.39 is 0 Å². The van der Waals surface area contributed by atoms with Crippen LogP contribution in [-0.4, -0.2) is 0 Å². The molecule has 0 bridgehead atoms. The van der Waals surface area contributed by atoms with Crippen molar-refractivity contribution in [3.63, 3.8) is 0 Å². The molecule has 0 unspecified atom stereocenters. The van der Waals surface area contributed by atoms with Crippen molar-refractivity contribution in [2.45, 2.75) is 0 Å². The lowest BCUT2D eigenvalue weighted by Gasteiger charge is -2.16. The molecule has 144 valence electrons.